The van der Waals surface area contributed by atoms with Crippen molar-refractivity contribution in [2.75, 3.05) is 6.54 Å². The maximum atomic E-state index is 12.8. The van der Waals surface area contributed by atoms with Gasteiger partial charge in [-0.3, -0.25) is 0 Å². The van der Waals surface area contributed by atoms with Gasteiger partial charge in [-0.05, 0) is 27.2 Å². The summed E-state index contributed by atoms with van der Waals surface area (Å²) in [6, 6.07) is -0.591. The van der Waals surface area contributed by atoms with Crippen molar-refractivity contribution in [3.05, 3.63) is 0 Å². The topological polar surface area (TPSA) is 49.8 Å². The van der Waals surface area contributed by atoms with Gasteiger partial charge in [-0.1, -0.05) is 0 Å². The Labute approximate surface area is 109 Å². The number of hydrogen-bond acceptors (Lipinski definition) is 3. The van der Waals surface area contributed by atoms with E-state index in [9.17, 15) is 23.1 Å². The fourth-order valence-electron chi connectivity index (χ4n) is 2.87. The van der Waals surface area contributed by atoms with Gasteiger partial charge in [-0.25, -0.2) is 4.79 Å². The molecular formula is C12H18F3NO3. The smallest absolute Gasteiger partial charge is 0.417 e. The lowest BCUT2D eigenvalue weighted by Crippen LogP contribution is -2.56. The largest absolute Gasteiger partial charge is 0.444 e. The molecule has 1 N–H and O–H groups in total. The van der Waals surface area contributed by atoms with Crippen molar-refractivity contribution >= 4 is 6.09 Å². The molecule has 1 amide bonds. The molecule has 4 nitrogen and oxygen atoms in total. The van der Waals surface area contributed by atoms with Crippen molar-refractivity contribution in [3.63, 3.8) is 0 Å². The van der Waals surface area contributed by atoms with Crippen LogP contribution in [0.4, 0.5) is 18.0 Å². The normalized spacial score (nSPS) is 34.8. The number of piperidine rings is 1. The number of carbonyl (C=O) groups is 1. The summed E-state index contributed by atoms with van der Waals surface area (Å²) in [5, 5.41) is 9.75. The molecule has 0 aromatic heterocycles. The van der Waals surface area contributed by atoms with E-state index in [1.54, 1.807) is 20.8 Å². The highest BCUT2D eigenvalue weighted by Crippen LogP contribution is 2.52. The minimum Gasteiger partial charge on any atom is -0.444 e. The zero-order chi connectivity index (χ0) is 14.6. The quantitative estimate of drug-likeness (QED) is 0.741. The number of fused-ring (bicyclic) bond motifs is 2. The van der Waals surface area contributed by atoms with Crippen LogP contribution in [0.3, 0.4) is 0 Å². The number of hydrogen-bond donors (Lipinski definition) is 1. The van der Waals surface area contributed by atoms with E-state index in [-0.39, 0.29) is 13.0 Å². The van der Waals surface area contributed by atoms with E-state index in [1.807, 2.05) is 0 Å². The molecule has 3 atom stereocenters. The number of alkyl halides is 3. The number of halogens is 3. The standard InChI is InChI=1S/C12H18F3NO3/c1-10(2,3)19-9(17)16-6-7-4-8(16)5-11(7,18)12(13,14)15/h7-8,18H,4-6H2,1-3H3/t7-,8+,11-/m1/s1. The maximum Gasteiger partial charge on any atom is 0.417 e. The van der Waals surface area contributed by atoms with Crippen LogP contribution in [-0.4, -0.2) is 46.1 Å². The molecule has 2 fully saturated rings. The summed E-state index contributed by atoms with van der Waals surface area (Å²) in [4.78, 5) is 13.2. The van der Waals surface area contributed by atoms with Crippen LogP contribution >= 0.6 is 0 Å². The van der Waals surface area contributed by atoms with E-state index >= 15 is 0 Å². The highest BCUT2D eigenvalue weighted by Gasteiger charge is 2.67. The molecule has 0 aromatic carbocycles. The first kappa shape index (κ1) is 14.4. The summed E-state index contributed by atoms with van der Waals surface area (Å²) >= 11 is 0. The van der Waals surface area contributed by atoms with E-state index < -0.39 is 41.9 Å². The highest BCUT2D eigenvalue weighted by atomic mass is 19.4. The summed E-state index contributed by atoms with van der Waals surface area (Å²) in [5.74, 6) is -0.954. The van der Waals surface area contributed by atoms with Crippen molar-refractivity contribution in [2.45, 2.75) is 57.0 Å². The lowest BCUT2D eigenvalue weighted by atomic mass is 9.88. The average Bonchev–Trinajstić information content (AvgIpc) is 2.70. The van der Waals surface area contributed by atoms with Gasteiger partial charge in [-0.15, -0.1) is 0 Å². The number of ether oxygens (including phenoxy) is 1. The molecule has 0 unspecified atom stereocenters. The number of aliphatic hydroxyl groups is 1. The van der Waals surface area contributed by atoms with Gasteiger partial charge in [-0.2, -0.15) is 13.2 Å². The summed E-state index contributed by atoms with van der Waals surface area (Å²) in [7, 11) is 0. The van der Waals surface area contributed by atoms with Crippen molar-refractivity contribution in [1.29, 1.82) is 0 Å². The predicted octanol–water partition coefficient (Wildman–Crippen LogP) is 2.31. The van der Waals surface area contributed by atoms with E-state index in [0.29, 0.717) is 0 Å². The third kappa shape index (κ3) is 2.40. The molecule has 1 aliphatic carbocycles. The van der Waals surface area contributed by atoms with Crippen molar-refractivity contribution < 1.29 is 27.8 Å². The molecule has 110 valence electrons. The van der Waals surface area contributed by atoms with Crippen molar-refractivity contribution in [1.82, 2.24) is 4.90 Å². The van der Waals surface area contributed by atoms with Crippen LogP contribution in [0.2, 0.25) is 0 Å². The SMILES string of the molecule is CC(C)(C)OC(=O)N1C[C@H]2C[C@H]1C[C@]2(O)C(F)(F)F. The van der Waals surface area contributed by atoms with E-state index in [0.717, 1.165) is 0 Å². The van der Waals surface area contributed by atoms with Crippen LogP contribution in [-0.2, 0) is 4.74 Å². The molecule has 2 rings (SSSR count). The second-order valence-electron chi connectivity index (χ2n) is 6.35. The molecular weight excluding hydrogens is 263 g/mol. The minimum atomic E-state index is -4.65. The van der Waals surface area contributed by atoms with Crippen LogP contribution in [0.25, 0.3) is 0 Å². The average molecular weight is 281 g/mol. The number of amides is 1. The zero-order valence-electron chi connectivity index (χ0n) is 11.1. The number of nitrogens with zero attached hydrogens (tertiary/aromatic N) is 1. The van der Waals surface area contributed by atoms with Crippen LogP contribution in [0.5, 0.6) is 0 Å². The second kappa shape index (κ2) is 4.01. The van der Waals surface area contributed by atoms with E-state index in [2.05, 4.69) is 0 Å². The summed E-state index contributed by atoms with van der Waals surface area (Å²) in [6.07, 6.45) is -5.54. The molecule has 0 radical (unpaired) electrons. The van der Waals surface area contributed by atoms with Gasteiger partial charge < -0.3 is 14.7 Å². The number of rotatable bonds is 0. The first-order valence-corrected chi connectivity index (χ1v) is 6.23. The van der Waals surface area contributed by atoms with E-state index in [1.165, 1.54) is 4.90 Å². The number of likely N-dealkylation sites (tertiary alicyclic amines) is 1. The molecule has 0 spiro atoms. The Morgan fingerprint density at radius 2 is 1.95 bits per heavy atom. The Balaban J connectivity index is 2.06. The van der Waals surface area contributed by atoms with Crippen LogP contribution in [0.15, 0.2) is 0 Å². The Kier molecular flexibility index (Phi) is 3.04. The summed E-state index contributed by atoms with van der Waals surface area (Å²) < 4.78 is 43.6. The monoisotopic (exact) mass is 281 g/mol. The third-order valence-electron chi connectivity index (χ3n) is 3.76. The lowest BCUT2D eigenvalue weighted by molar-refractivity contribution is -0.278. The fourth-order valence-corrected chi connectivity index (χ4v) is 2.87. The Morgan fingerprint density at radius 1 is 1.37 bits per heavy atom. The molecule has 2 bridgehead atoms. The van der Waals surface area contributed by atoms with E-state index in [4.69, 9.17) is 4.74 Å². The molecule has 1 heterocycles. The minimum absolute atomic E-state index is 0.102. The maximum absolute atomic E-state index is 12.8. The van der Waals surface area contributed by atoms with Crippen LogP contribution in [0.1, 0.15) is 33.6 Å². The third-order valence-corrected chi connectivity index (χ3v) is 3.76. The van der Waals surface area contributed by atoms with Crippen LogP contribution < -0.4 is 0 Å². The van der Waals surface area contributed by atoms with Crippen LogP contribution in [0, 0.1) is 5.92 Å². The number of carbonyl (C=O) groups excluding carboxylic acids is 1. The van der Waals surface area contributed by atoms with Crippen molar-refractivity contribution in [2.24, 2.45) is 5.92 Å². The second-order valence-corrected chi connectivity index (χ2v) is 6.35. The van der Waals surface area contributed by atoms with Gasteiger partial charge in [0, 0.05) is 24.9 Å². The Hall–Kier alpha value is -0.980. The van der Waals surface area contributed by atoms with Gasteiger partial charge in [0.05, 0.1) is 0 Å². The van der Waals surface area contributed by atoms with Gasteiger partial charge in [0.1, 0.15) is 5.60 Å². The first-order chi connectivity index (χ1) is 8.44. The van der Waals surface area contributed by atoms with Gasteiger partial charge in [0.25, 0.3) is 0 Å². The van der Waals surface area contributed by atoms with Gasteiger partial charge in [0.2, 0.25) is 0 Å². The highest BCUT2D eigenvalue weighted by molar-refractivity contribution is 5.69. The van der Waals surface area contributed by atoms with Crippen molar-refractivity contribution in [3.8, 4) is 0 Å². The first-order valence-electron chi connectivity index (χ1n) is 6.23. The predicted molar refractivity (Wildman–Crippen MR) is 60.5 cm³/mol. The zero-order valence-corrected chi connectivity index (χ0v) is 11.1. The molecule has 1 aliphatic heterocycles. The molecule has 7 heteroatoms. The Morgan fingerprint density at radius 3 is 2.32 bits per heavy atom. The fraction of sp³-hybridized carbons (Fsp3) is 0.917. The molecule has 1 saturated carbocycles. The molecule has 19 heavy (non-hydrogen) atoms. The van der Waals surface area contributed by atoms with Gasteiger partial charge in [0.15, 0.2) is 5.60 Å². The molecule has 0 aromatic rings. The Bertz CT molecular complexity index is 391. The summed E-state index contributed by atoms with van der Waals surface area (Å²) in [5.41, 5.74) is -3.34. The molecule has 2 aliphatic rings. The summed E-state index contributed by atoms with van der Waals surface area (Å²) in [6.45, 7) is 5.00. The lowest BCUT2D eigenvalue weighted by Gasteiger charge is -2.39. The molecule has 1 saturated heterocycles. The van der Waals surface area contributed by atoms with Gasteiger partial charge >= 0.3 is 12.3 Å².